The molecule has 0 unspecified atom stereocenters. The Kier molecular flexibility index (Phi) is 4.84. The fraction of sp³-hybridized carbons (Fsp3) is 0.200. The molecular formula is C20H21N3O2. The van der Waals surface area contributed by atoms with Crippen molar-refractivity contribution in [1.82, 2.24) is 14.8 Å². The van der Waals surface area contributed by atoms with Crippen LogP contribution in [0.2, 0.25) is 0 Å². The van der Waals surface area contributed by atoms with Crippen LogP contribution in [-0.4, -0.2) is 19.9 Å². The van der Waals surface area contributed by atoms with Gasteiger partial charge in [0.15, 0.2) is 0 Å². The highest BCUT2D eigenvalue weighted by atomic mass is 16.5. The van der Waals surface area contributed by atoms with Gasteiger partial charge in [0.05, 0.1) is 17.0 Å². The van der Waals surface area contributed by atoms with Crippen LogP contribution in [0.25, 0.3) is 17.5 Å². The summed E-state index contributed by atoms with van der Waals surface area (Å²) in [4.78, 5) is 4.53. The van der Waals surface area contributed by atoms with Gasteiger partial charge < -0.3 is 9.84 Å². The zero-order chi connectivity index (χ0) is 17.8. The molecule has 0 bridgehead atoms. The van der Waals surface area contributed by atoms with Gasteiger partial charge in [-0.05, 0) is 38.1 Å². The first-order valence-corrected chi connectivity index (χ1v) is 8.16. The van der Waals surface area contributed by atoms with Gasteiger partial charge in [0, 0.05) is 24.0 Å². The van der Waals surface area contributed by atoms with Gasteiger partial charge in [-0.3, -0.25) is 9.67 Å². The molecule has 1 aromatic carbocycles. The summed E-state index contributed by atoms with van der Waals surface area (Å²) in [5.41, 5.74) is 3.33. The van der Waals surface area contributed by atoms with E-state index < -0.39 is 0 Å². The van der Waals surface area contributed by atoms with Crippen molar-refractivity contribution < 1.29 is 9.84 Å². The standard InChI is InChI=1S/C20H21N3O2/c1-4-16-18(24)8-5-9-19(16)25-13-15-7-6-11-21-20(15)17-10-12-22-23(17)14(2)3/h4-12,14,24H,1,13H2,2-3H3. The predicted molar refractivity (Wildman–Crippen MR) is 98.4 cm³/mol. The number of phenolic OH excluding ortho intramolecular Hbond substituents is 1. The average Bonchev–Trinajstić information content (AvgIpc) is 3.10. The monoisotopic (exact) mass is 335 g/mol. The van der Waals surface area contributed by atoms with E-state index in [-0.39, 0.29) is 11.8 Å². The number of benzene rings is 1. The van der Waals surface area contributed by atoms with Crippen LogP contribution in [0.4, 0.5) is 0 Å². The second kappa shape index (κ2) is 7.21. The van der Waals surface area contributed by atoms with E-state index in [0.29, 0.717) is 17.9 Å². The van der Waals surface area contributed by atoms with Crippen LogP contribution in [0.1, 0.15) is 31.0 Å². The van der Waals surface area contributed by atoms with Crippen molar-refractivity contribution >= 4 is 6.08 Å². The van der Waals surface area contributed by atoms with Crippen LogP contribution in [0.15, 0.2) is 55.4 Å². The lowest BCUT2D eigenvalue weighted by atomic mass is 10.1. The molecule has 0 aliphatic carbocycles. The number of hydrogen-bond acceptors (Lipinski definition) is 4. The predicted octanol–water partition coefficient (Wildman–Crippen LogP) is 4.45. The van der Waals surface area contributed by atoms with Crippen molar-refractivity contribution in [2.24, 2.45) is 0 Å². The van der Waals surface area contributed by atoms with Gasteiger partial charge in [-0.1, -0.05) is 24.8 Å². The zero-order valence-corrected chi connectivity index (χ0v) is 14.4. The van der Waals surface area contributed by atoms with Crippen molar-refractivity contribution in [3.8, 4) is 22.9 Å². The highest BCUT2D eigenvalue weighted by Gasteiger charge is 2.14. The highest BCUT2D eigenvalue weighted by Crippen LogP contribution is 2.30. The lowest BCUT2D eigenvalue weighted by Gasteiger charge is -2.15. The minimum absolute atomic E-state index is 0.150. The molecule has 5 nitrogen and oxygen atoms in total. The quantitative estimate of drug-likeness (QED) is 0.723. The number of phenols is 1. The van der Waals surface area contributed by atoms with E-state index in [4.69, 9.17) is 4.74 Å². The summed E-state index contributed by atoms with van der Waals surface area (Å²) in [7, 11) is 0. The lowest BCUT2D eigenvalue weighted by molar-refractivity contribution is 0.303. The molecule has 0 amide bonds. The molecule has 128 valence electrons. The molecule has 0 aliphatic heterocycles. The molecule has 1 N–H and O–H groups in total. The Morgan fingerprint density at radius 1 is 1.20 bits per heavy atom. The molecule has 0 fully saturated rings. The average molecular weight is 335 g/mol. The van der Waals surface area contributed by atoms with Gasteiger partial charge >= 0.3 is 0 Å². The van der Waals surface area contributed by atoms with E-state index in [9.17, 15) is 5.11 Å². The summed E-state index contributed by atoms with van der Waals surface area (Å²) in [5, 5.41) is 14.3. The minimum atomic E-state index is 0.150. The van der Waals surface area contributed by atoms with Crippen LogP contribution in [0, 0.1) is 0 Å². The fourth-order valence-corrected chi connectivity index (χ4v) is 2.72. The third kappa shape index (κ3) is 3.40. The Hall–Kier alpha value is -3.08. The van der Waals surface area contributed by atoms with Crippen molar-refractivity contribution in [2.75, 3.05) is 0 Å². The summed E-state index contributed by atoms with van der Waals surface area (Å²) in [6.45, 7) is 8.23. The minimum Gasteiger partial charge on any atom is -0.507 e. The van der Waals surface area contributed by atoms with Gasteiger partial charge in [0.25, 0.3) is 0 Å². The van der Waals surface area contributed by atoms with Crippen LogP contribution < -0.4 is 4.74 Å². The summed E-state index contributed by atoms with van der Waals surface area (Å²) in [5.74, 6) is 0.735. The Balaban J connectivity index is 1.91. The van der Waals surface area contributed by atoms with E-state index in [1.165, 1.54) is 0 Å². The second-order valence-electron chi connectivity index (χ2n) is 5.95. The molecule has 0 saturated heterocycles. The van der Waals surface area contributed by atoms with Crippen LogP contribution >= 0.6 is 0 Å². The Labute approximate surface area is 147 Å². The maximum atomic E-state index is 9.92. The molecule has 2 aromatic heterocycles. The largest absolute Gasteiger partial charge is 0.507 e. The van der Waals surface area contributed by atoms with Crippen molar-refractivity contribution in [3.05, 3.63) is 66.5 Å². The first-order chi connectivity index (χ1) is 12.1. The van der Waals surface area contributed by atoms with Gasteiger partial charge in [-0.2, -0.15) is 5.10 Å². The Bertz CT molecular complexity index is 884. The Morgan fingerprint density at radius 2 is 2.04 bits per heavy atom. The zero-order valence-electron chi connectivity index (χ0n) is 14.4. The van der Waals surface area contributed by atoms with Crippen LogP contribution in [0.3, 0.4) is 0 Å². The molecule has 0 saturated carbocycles. The topological polar surface area (TPSA) is 60.2 Å². The maximum absolute atomic E-state index is 9.92. The summed E-state index contributed by atoms with van der Waals surface area (Å²) >= 11 is 0. The number of pyridine rings is 1. The van der Waals surface area contributed by atoms with Crippen molar-refractivity contribution in [1.29, 1.82) is 0 Å². The van der Waals surface area contributed by atoms with Gasteiger partial charge in [-0.25, -0.2) is 0 Å². The van der Waals surface area contributed by atoms with Gasteiger partial charge in [0.2, 0.25) is 0 Å². The molecule has 0 radical (unpaired) electrons. The molecule has 2 heterocycles. The molecule has 25 heavy (non-hydrogen) atoms. The van der Waals surface area contributed by atoms with Gasteiger partial charge in [0.1, 0.15) is 18.1 Å². The number of nitrogens with zero attached hydrogens (tertiary/aromatic N) is 3. The van der Waals surface area contributed by atoms with E-state index >= 15 is 0 Å². The molecule has 5 heteroatoms. The summed E-state index contributed by atoms with van der Waals surface area (Å²) < 4.78 is 7.87. The molecule has 0 spiro atoms. The second-order valence-corrected chi connectivity index (χ2v) is 5.95. The smallest absolute Gasteiger partial charge is 0.130 e. The number of aromatic nitrogens is 3. The third-order valence-corrected chi connectivity index (χ3v) is 3.92. The maximum Gasteiger partial charge on any atom is 0.130 e. The third-order valence-electron chi connectivity index (χ3n) is 3.92. The van der Waals surface area contributed by atoms with Crippen molar-refractivity contribution in [2.45, 2.75) is 26.5 Å². The summed E-state index contributed by atoms with van der Waals surface area (Å²) in [6.07, 6.45) is 5.13. The number of ether oxygens (including phenoxy) is 1. The lowest BCUT2D eigenvalue weighted by Crippen LogP contribution is -2.07. The van der Waals surface area contributed by atoms with Crippen molar-refractivity contribution in [3.63, 3.8) is 0 Å². The SMILES string of the molecule is C=Cc1c(O)cccc1OCc1cccnc1-c1ccnn1C(C)C. The summed E-state index contributed by atoms with van der Waals surface area (Å²) in [6, 6.07) is 11.2. The van der Waals surface area contributed by atoms with E-state index in [0.717, 1.165) is 17.0 Å². The first kappa shape index (κ1) is 16.8. The van der Waals surface area contributed by atoms with E-state index in [2.05, 4.69) is 30.5 Å². The fourth-order valence-electron chi connectivity index (χ4n) is 2.72. The normalized spacial score (nSPS) is 10.8. The number of hydrogen-bond donors (Lipinski definition) is 1. The van der Waals surface area contributed by atoms with E-state index in [1.54, 1.807) is 30.6 Å². The Morgan fingerprint density at radius 3 is 2.80 bits per heavy atom. The molecule has 0 atom stereocenters. The van der Waals surface area contributed by atoms with Crippen LogP contribution in [-0.2, 0) is 6.61 Å². The number of aromatic hydroxyl groups is 1. The van der Waals surface area contributed by atoms with Gasteiger partial charge in [-0.15, -0.1) is 0 Å². The molecular weight excluding hydrogens is 314 g/mol. The first-order valence-electron chi connectivity index (χ1n) is 8.16. The number of rotatable bonds is 6. The van der Waals surface area contributed by atoms with Crippen LogP contribution in [0.5, 0.6) is 11.5 Å². The molecule has 0 aliphatic rings. The highest BCUT2D eigenvalue weighted by molar-refractivity contribution is 5.63. The molecule has 3 aromatic rings. The molecule has 3 rings (SSSR count). The van der Waals surface area contributed by atoms with E-state index in [1.807, 2.05) is 28.9 Å².